The second-order valence-electron chi connectivity index (χ2n) is 8.50. The van der Waals surface area contributed by atoms with E-state index in [2.05, 4.69) is 56.0 Å². The van der Waals surface area contributed by atoms with Crippen LogP contribution in [0.15, 0.2) is 23.2 Å². The van der Waals surface area contributed by atoms with Crippen LogP contribution in [0.1, 0.15) is 76.0 Å². The van der Waals surface area contributed by atoms with Gasteiger partial charge in [-0.05, 0) is 77.3 Å². The summed E-state index contributed by atoms with van der Waals surface area (Å²) in [7, 11) is 0. The molecule has 23 heavy (non-hydrogen) atoms. The van der Waals surface area contributed by atoms with Crippen molar-refractivity contribution in [3.05, 3.63) is 34.9 Å². The average Bonchev–Trinajstić information content (AvgIpc) is 2.52. The monoisotopic (exact) mass is 327 g/mol. The molecular formula is C21H29NS. The van der Waals surface area contributed by atoms with Crippen molar-refractivity contribution in [3.8, 4) is 0 Å². The number of thiocarbonyl (C=S) groups is 1. The Morgan fingerprint density at radius 1 is 1.30 bits per heavy atom. The van der Waals surface area contributed by atoms with Crippen LogP contribution in [0.2, 0.25) is 0 Å². The van der Waals surface area contributed by atoms with E-state index in [-0.39, 0.29) is 5.41 Å². The Labute approximate surface area is 146 Å². The number of nitrogens with zero attached hydrogens (tertiary/aromatic N) is 1. The summed E-state index contributed by atoms with van der Waals surface area (Å²) >= 11 is 4.83. The van der Waals surface area contributed by atoms with Crippen molar-refractivity contribution in [3.63, 3.8) is 0 Å². The molecule has 0 aliphatic heterocycles. The number of hydrogen-bond donors (Lipinski definition) is 0. The molecule has 1 aromatic rings. The highest BCUT2D eigenvalue weighted by Crippen LogP contribution is 2.57. The fourth-order valence-corrected chi connectivity index (χ4v) is 5.47. The molecule has 0 radical (unpaired) electrons. The van der Waals surface area contributed by atoms with Crippen LogP contribution in [0.25, 0.3) is 0 Å². The third kappa shape index (κ3) is 2.81. The largest absolute Gasteiger partial charge is 0.232 e. The fourth-order valence-electron chi connectivity index (χ4n) is 5.41. The molecule has 2 aliphatic carbocycles. The quantitative estimate of drug-likeness (QED) is 0.495. The van der Waals surface area contributed by atoms with Crippen LogP contribution in [0.4, 0.5) is 0 Å². The van der Waals surface area contributed by atoms with E-state index in [4.69, 9.17) is 12.2 Å². The Kier molecular flexibility index (Phi) is 4.51. The van der Waals surface area contributed by atoms with Gasteiger partial charge in [0.1, 0.15) is 0 Å². The predicted octanol–water partition coefficient (Wildman–Crippen LogP) is 5.92. The maximum Gasteiger partial charge on any atom is 0.0585 e. The van der Waals surface area contributed by atoms with E-state index in [1.165, 1.54) is 37.7 Å². The summed E-state index contributed by atoms with van der Waals surface area (Å²) in [6, 6.07) is 7.27. The minimum Gasteiger partial charge on any atom is -0.232 e. The standard InChI is InChI=1S/C21H29NS/c1-15(2)16-6-8-18-17(12-16)7-9-19-20(3,13-22-14-23)10-5-11-21(18,19)4/h6,8,12,15,19H,5,7,9-11,13H2,1-4H3. The molecule has 0 amide bonds. The first-order valence-corrected chi connectivity index (χ1v) is 9.48. The summed E-state index contributed by atoms with van der Waals surface area (Å²) in [6.07, 6.45) is 6.37. The van der Waals surface area contributed by atoms with Gasteiger partial charge >= 0.3 is 0 Å². The highest BCUT2D eigenvalue weighted by atomic mass is 32.1. The van der Waals surface area contributed by atoms with Gasteiger partial charge < -0.3 is 0 Å². The van der Waals surface area contributed by atoms with Crippen molar-refractivity contribution in [2.24, 2.45) is 16.3 Å². The summed E-state index contributed by atoms with van der Waals surface area (Å²) < 4.78 is 0. The van der Waals surface area contributed by atoms with Crippen LogP contribution in [0, 0.1) is 11.3 Å². The van der Waals surface area contributed by atoms with E-state index in [0.717, 1.165) is 6.54 Å². The van der Waals surface area contributed by atoms with Crippen molar-refractivity contribution in [1.82, 2.24) is 0 Å². The summed E-state index contributed by atoms with van der Waals surface area (Å²) in [5, 5.41) is 2.60. The van der Waals surface area contributed by atoms with Crippen molar-refractivity contribution in [1.29, 1.82) is 0 Å². The molecule has 0 bridgehead atoms. The van der Waals surface area contributed by atoms with Gasteiger partial charge in [0.15, 0.2) is 0 Å². The first kappa shape index (κ1) is 16.9. The first-order valence-electron chi connectivity index (χ1n) is 9.08. The molecule has 0 heterocycles. The minimum atomic E-state index is 0.271. The molecule has 3 atom stereocenters. The third-order valence-electron chi connectivity index (χ3n) is 6.67. The zero-order valence-corrected chi connectivity index (χ0v) is 15.8. The van der Waals surface area contributed by atoms with Crippen molar-refractivity contribution in [2.75, 3.05) is 6.54 Å². The van der Waals surface area contributed by atoms with Crippen molar-refractivity contribution < 1.29 is 0 Å². The maximum atomic E-state index is 4.83. The molecule has 1 nitrogen and oxygen atoms in total. The van der Waals surface area contributed by atoms with Crippen molar-refractivity contribution in [2.45, 2.75) is 71.1 Å². The van der Waals surface area contributed by atoms with E-state index in [1.54, 1.807) is 11.1 Å². The molecule has 1 aromatic carbocycles. The second kappa shape index (κ2) is 6.15. The number of benzene rings is 1. The number of hydrogen-bond acceptors (Lipinski definition) is 2. The average molecular weight is 328 g/mol. The van der Waals surface area contributed by atoms with Gasteiger partial charge in [-0.15, -0.1) is 0 Å². The lowest BCUT2D eigenvalue weighted by molar-refractivity contribution is 0.0332. The molecule has 0 N–H and O–H groups in total. The summed E-state index contributed by atoms with van der Waals surface area (Å²) in [5.41, 5.74) is 5.25. The normalized spacial score (nSPS) is 32.8. The molecule has 3 unspecified atom stereocenters. The van der Waals surface area contributed by atoms with E-state index >= 15 is 0 Å². The van der Waals surface area contributed by atoms with Gasteiger partial charge in [0.25, 0.3) is 0 Å². The molecule has 2 aliphatic rings. The Morgan fingerprint density at radius 3 is 2.78 bits per heavy atom. The molecule has 0 aromatic heterocycles. The Bertz CT molecular complexity index is 643. The van der Waals surface area contributed by atoms with E-state index in [9.17, 15) is 0 Å². The smallest absolute Gasteiger partial charge is 0.0585 e. The van der Waals surface area contributed by atoms with Crippen LogP contribution >= 0.6 is 12.2 Å². The zero-order valence-electron chi connectivity index (χ0n) is 15.0. The molecular weight excluding hydrogens is 298 g/mol. The summed E-state index contributed by atoms with van der Waals surface area (Å²) in [5.74, 6) is 1.31. The molecule has 3 rings (SSSR count). The molecule has 2 heteroatoms. The molecule has 1 fully saturated rings. The van der Waals surface area contributed by atoms with Crippen LogP contribution in [0.3, 0.4) is 0 Å². The van der Waals surface area contributed by atoms with Gasteiger partial charge in [0.2, 0.25) is 0 Å². The van der Waals surface area contributed by atoms with Crippen LogP contribution in [-0.4, -0.2) is 11.7 Å². The van der Waals surface area contributed by atoms with Crippen LogP contribution in [-0.2, 0) is 11.8 Å². The van der Waals surface area contributed by atoms with Gasteiger partial charge in [0, 0.05) is 0 Å². The second-order valence-corrected chi connectivity index (χ2v) is 8.68. The fraction of sp³-hybridized carbons (Fsp3) is 0.667. The lowest BCUT2D eigenvalue weighted by Crippen LogP contribution is -2.50. The van der Waals surface area contributed by atoms with Gasteiger partial charge in [-0.2, -0.15) is 0 Å². The minimum absolute atomic E-state index is 0.271. The van der Waals surface area contributed by atoms with E-state index in [0.29, 0.717) is 17.3 Å². The Hall–Kier alpha value is -0.980. The highest BCUT2D eigenvalue weighted by Gasteiger charge is 2.51. The topological polar surface area (TPSA) is 12.4 Å². The van der Waals surface area contributed by atoms with Gasteiger partial charge in [-0.1, -0.05) is 52.3 Å². The lowest BCUT2D eigenvalue weighted by atomic mass is 9.50. The predicted molar refractivity (Wildman–Crippen MR) is 102 cm³/mol. The number of rotatable bonds is 3. The third-order valence-corrected chi connectivity index (χ3v) is 6.80. The van der Waals surface area contributed by atoms with E-state index in [1.807, 2.05) is 0 Å². The molecule has 1 saturated carbocycles. The Morgan fingerprint density at radius 2 is 2.09 bits per heavy atom. The number of fused-ring (bicyclic) bond motifs is 3. The van der Waals surface area contributed by atoms with E-state index < -0.39 is 0 Å². The number of isothiocyanates is 1. The first-order chi connectivity index (χ1) is 10.9. The zero-order chi connectivity index (χ0) is 16.7. The molecule has 124 valence electrons. The molecule has 0 saturated heterocycles. The highest BCUT2D eigenvalue weighted by molar-refractivity contribution is 7.78. The van der Waals surface area contributed by atoms with Crippen LogP contribution in [0.5, 0.6) is 0 Å². The van der Waals surface area contributed by atoms with Gasteiger partial charge in [0.05, 0.1) is 11.7 Å². The van der Waals surface area contributed by atoms with Gasteiger partial charge in [-0.3, -0.25) is 0 Å². The van der Waals surface area contributed by atoms with Crippen LogP contribution < -0.4 is 0 Å². The van der Waals surface area contributed by atoms with Gasteiger partial charge in [-0.25, -0.2) is 4.99 Å². The SMILES string of the molecule is CC(C)c1ccc2c(c1)CCC1C(C)(CN=C=S)CCCC21C. The van der Waals surface area contributed by atoms with Crippen molar-refractivity contribution >= 4 is 17.4 Å². The summed E-state index contributed by atoms with van der Waals surface area (Å²) in [4.78, 5) is 4.35. The lowest BCUT2D eigenvalue weighted by Gasteiger charge is -2.55. The Balaban J connectivity index is 2.02. The maximum absolute atomic E-state index is 4.83. The number of aliphatic imine (C=N–C) groups is 1. The number of aryl methyl sites for hydroxylation is 1. The molecule has 0 spiro atoms. The summed E-state index contributed by atoms with van der Waals surface area (Å²) in [6.45, 7) is 10.4.